The highest BCUT2D eigenvalue weighted by Gasteiger charge is 2.34. The monoisotopic (exact) mass is 297 g/mol. The number of carboxylic acids is 1. The van der Waals surface area contributed by atoms with Crippen molar-refractivity contribution < 1.29 is 14.7 Å². The van der Waals surface area contributed by atoms with E-state index in [4.69, 9.17) is 5.73 Å². The predicted molar refractivity (Wildman–Crippen MR) is 81.8 cm³/mol. The van der Waals surface area contributed by atoms with Gasteiger partial charge >= 0.3 is 5.97 Å². The van der Waals surface area contributed by atoms with E-state index in [1.807, 2.05) is 0 Å². The van der Waals surface area contributed by atoms with E-state index in [9.17, 15) is 14.7 Å². The summed E-state index contributed by atoms with van der Waals surface area (Å²) in [6.45, 7) is 5.65. The molecule has 0 bridgehead atoms. The van der Waals surface area contributed by atoms with Gasteiger partial charge in [-0.3, -0.25) is 4.79 Å². The molecule has 0 fully saturated rings. The highest BCUT2D eigenvalue weighted by molar-refractivity contribution is 5.87. The Morgan fingerprint density at radius 2 is 2.14 bits per heavy atom. The molecule has 1 amide bonds. The third-order valence-electron chi connectivity index (χ3n) is 3.89. The number of carboxylic acid groups (broad SMARTS) is 1. The molecule has 6 heteroatoms. The summed E-state index contributed by atoms with van der Waals surface area (Å²) in [6, 6.07) is -0.647. The third kappa shape index (κ3) is 5.13. The first kappa shape index (κ1) is 17.7. The lowest BCUT2D eigenvalue weighted by atomic mass is 9.86. The molecular formula is C15H27N3O3. The first-order valence-corrected chi connectivity index (χ1v) is 7.61. The quantitative estimate of drug-likeness (QED) is 0.555. The van der Waals surface area contributed by atoms with Crippen molar-refractivity contribution in [2.24, 2.45) is 5.73 Å². The summed E-state index contributed by atoms with van der Waals surface area (Å²) in [4.78, 5) is 22.6. The molecular weight excluding hydrogens is 270 g/mol. The topological polar surface area (TPSA) is 104 Å². The van der Waals surface area contributed by atoms with Crippen LogP contribution in [0.5, 0.6) is 0 Å². The number of aliphatic carboxylic acids is 1. The molecule has 0 spiro atoms. The Morgan fingerprint density at radius 1 is 1.48 bits per heavy atom. The molecule has 5 N–H and O–H groups in total. The standard InChI is InChI=1S/C15H27N3O3/c1-4-6-11(5-2)18-13-8-10(15(20)21)7-12(16)14(13)17-9(3)19/h8,11-14,18H,4-7,16H2,1-3H3,(H,17,19)(H,20,21)/t11?,12-,13+,14+/m1/s1. The number of carbonyl (C=O) groups excluding carboxylic acids is 1. The average Bonchev–Trinajstić information content (AvgIpc) is 2.41. The molecule has 0 saturated heterocycles. The first-order valence-electron chi connectivity index (χ1n) is 7.61. The van der Waals surface area contributed by atoms with Crippen molar-refractivity contribution in [3.8, 4) is 0 Å². The lowest BCUT2D eigenvalue weighted by molar-refractivity contribution is -0.133. The highest BCUT2D eigenvalue weighted by atomic mass is 16.4. The second kappa shape index (κ2) is 8.14. The summed E-state index contributed by atoms with van der Waals surface area (Å²) in [6.07, 6.45) is 4.96. The molecule has 0 heterocycles. The second-order valence-electron chi connectivity index (χ2n) is 5.68. The van der Waals surface area contributed by atoms with Crippen molar-refractivity contribution in [2.45, 2.75) is 70.6 Å². The molecule has 1 aliphatic carbocycles. The zero-order valence-corrected chi connectivity index (χ0v) is 13.1. The largest absolute Gasteiger partial charge is 0.478 e. The van der Waals surface area contributed by atoms with Crippen molar-refractivity contribution in [3.05, 3.63) is 11.6 Å². The van der Waals surface area contributed by atoms with E-state index in [2.05, 4.69) is 24.5 Å². The van der Waals surface area contributed by atoms with E-state index in [0.29, 0.717) is 5.57 Å². The minimum absolute atomic E-state index is 0.155. The number of hydrogen-bond donors (Lipinski definition) is 4. The summed E-state index contributed by atoms with van der Waals surface area (Å²) < 4.78 is 0. The van der Waals surface area contributed by atoms with Gasteiger partial charge in [0.15, 0.2) is 0 Å². The number of rotatable bonds is 7. The Bertz CT molecular complexity index is 409. The second-order valence-corrected chi connectivity index (χ2v) is 5.68. The number of hydrogen-bond acceptors (Lipinski definition) is 4. The van der Waals surface area contributed by atoms with E-state index in [-0.39, 0.29) is 30.5 Å². The van der Waals surface area contributed by atoms with E-state index >= 15 is 0 Å². The number of nitrogens with one attached hydrogen (secondary N) is 2. The lowest BCUT2D eigenvalue weighted by Crippen LogP contribution is -2.61. The van der Waals surface area contributed by atoms with Crippen LogP contribution in [-0.2, 0) is 9.59 Å². The molecule has 6 nitrogen and oxygen atoms in total. The third-order valence-corrected chi connectivity index (χ3v) is 3.89. The maximum atomic E-state index is 11.4. The van der Waals surface area contributed by atoms with Gasteiger partial charge in [0, 0.05) is 30.6 Å². The Balaban J connectivity index is 2.94. The van der Waals surface area contributed by atoms with Gasteiger partial charge in [0.05, 0.1) is 6.04 Å². The Labute approximate surface area is 126 Å². The van der Waals surface area contributed by atoms with E-state index in [0.717, 1.165) is 19.3 Å². The van der Waals surface area contributed by atoms with Crippen molar-refractivity contribution >= 4 is 11.9 Å². The zero-order valence-electron chi connectivity index (χ0n) is 13.1. The van der Waals surface area contributed by atoms with Crippen molar-refractivity contribution in [1.29, 1.82) is 0 Å². The number of carbonyl (C=O) groups is 2. The fourth-order valence-electron chi connectivity index (χ4n) is 2.80. The van der Waals surface area contributed by atoms with Crippen LogP contribution in [0.25, 0.3) is 0 Å². The molecule has 4 atom stereocenters. The van der Waals surface area contributed by atoms with Crippen LogP contribution < -0.4 is 16.4 Å². The summed E-state index contributed by atoms with van der Waals surface area (Å²) in [5.74, 6) is -1.10. The molecule has 0 saturated carbocycles. The van der Waals surface area contributed by atoms with Crippen LogP contribution in [0.3, 0.4) is 0 Å². The maximum absolute atomic E-state index is 11.4. The molecule has 0 aliphatic heterocycles. The number of nitrogens with two attached hydrogens (primary N) is 1. The highest BCUT2D eigenvalue weighted by Crippen LogP contribution is 2.20. The molecule has 1 aliphatic rings. The van der Waals surface area contributed by atoms with Gasteiger partial charge in [-0.1, -0.05) is 26.3 Å². The van der Waals surface area contributed by atoms with Crippen LogP contribution in [0.15, 0.2) is 11.6 Å². The Morgan fingerprint density at radius 3 is 2.62 bits per heavy atom. The van der Waals surface area contributed by atoms with Crippen LogP contribution in [0, 0.1) is 0 Å². The summed E-state index contributed by atoms with van der Waals surface area (Å²) >= 11 is 0. The Hall–Kier alpha value is -1.40. The first-order chi connectivity index (χ1) is 9.88. The molecule has 120 valence electrons. The summed E-state index contributed by atoms with van der Waals surface area (Å²) in [7, 11) is 0. The molecule has 1 unspecified atom stereocenters. The minimum atomic E-state index is -0.943. The molecule has 0 radical (unpaired) electrons. The molecule has 0 aromatic rings. The average molecular weight is 297 g/mol. The lowest BCUT2D eigenvalue weighted by Gasteiger charge is -2.37. The molecule has 0 aromatic carbocycles. The van der Waals surface area contributed by atoms with Crippen LogP contribution in [0.2, 0.25) is 0 Å². The van der Waals surface area contributed by atoms with Crippen LogP contribution >= 0.6 is 0 Å². The van der Waals surface area contributed by atoms with Crippen LogP contribution in [0.1, 0.15) is 46.5 Å². The smallest absolute Gasteiger partial charge is 0.331 e. The summed E-state index contributed by atoms with van der Waals surface area (Å²) in [5.41, 5.74) is 6.39. The number of amides is 1. The van der Waals surface area contributed by atoms with Crippen molar-refractivity contribution in [2.75, 3.05) is 0 Å². The minimum Gasteiger partial charge on any atom is -0.478 e. The van der Waals surface area contributed by atoms with Crippen molar-refractivity contribution in [3.63, 3.8) is 0 Å². The van der Waals surface area contributed by atoms with Gasteiger partial charge in [-0.05, 0) is 19.3 Å². The van der Waals surface area contributed by atoms with Gasteiger partial charge in [-0.15, -0.1) is 0 Å². The fraction of sp³-hybridized carbons (Fsp3) is 0.733. The SMILES string of the molecule is CCCC(CC)N[C@H]1C=C(C(=O)O)C[C@@H](N)[C@@H]1NC(C)=O. The maximum Gasteiger partial charge on any atom is 0.331 e. The van der Waals surface area contributed by atoms with Gasteiger partial charge in [-0.2, -0.15) is 0 Å². The van der Waals surface area contributed by atoms with Gasteiger partial charge < -0.3 is 21.5 Å². The molecule has 21 heavy (non-hydrogen) atoms. The van der Waals surface area contributed by atoms with E-state index < -0.39 is 12.0 Å². The van der Waals surface area contributed by atoms with Gasteiger partial charge in [0.25, 0.3) is 0 Å². The fourth-order valence-corrected chi connectivity index (χ4v) is 2.80. The predicted octanol–water partition coefficient (Wildman–Crippen LogP) is 0.770. The van der Waals surface area contributed by atoms with Crippen LogP contribution in [-0.4, -0.2) is 41.2 Å². The molecule has 1 rings (SSSR count). The Kier molecular flexibility index (Phi) is 6.84. The van der Waals surface area contributed by atoms with E-state index in [1.54, 1.807) is 6.08 Å². The zero-order chi connectivity index (χ0) is 16.0. The van der Waals surface area contributed by atoms with Crippen molar-refractivity contribution in [1.82, 2.24) is 10.6 Å². The van der Waals surface area contributed by atoms with Gasteiger partial charge in [0.2, 0.25) is 5.91 Å². The summed E-state index contributed by atoms with van der Waals surface area (Å²) in [5, 5.41) is 15.5. The van der Waals surface area contributed by atoms with Crippen LogP contribution in [0.4, 0.5) is 0 Å². The van der Waals surface area contributed by atoms with Gasteiger partial charge in [0.1, 0.15) is 0 Å². The normalized spacial score (nSPS) is 26.9. The van der Waals surface area contributed by atoms with E-state index in [1.165, 1.54) is 6.92 Å². The van der Waals surface area contributed by atoms with Gasteiger partial charge in [-0.25, -0.2) is 4.79 Å². The molecule has 0 aromatic heterocycles.